The maximum atomic E-state index is 12.5. The van der Waals surface area contributed by atoms with Crippen LogP contribution in [-0.4, -0.2) is 37.2 Å². The molecule has 0 aliphatic carbocycles. The van der Waals surface area contributed by atoms with Gasteiger partial charge in [0.05, 0.1) is 6.54 Å². The molecule has 2 aromatic rings. The van der Waals surface area contributed by atoms with Crippen molar-refractivity contribution >= 4 is 43.4 Å². The number of anilines is 2. The number of carbonyl (C=O) groups excluding carboxylic acids is 1. The minimum Gasteiger partial charge on any atom is -0.383 e. The van der Waals surface area contributed by atoms with Crippen molar-refractivity contribution in [3.8, 4) is 0 Å². The maximum Gasteiger partial charge on any atom is 0.246 e. The first-order valence-corrected chi connectivity index (χ1v) is 9.17. The number of aryl methyl sites for hydroxylation is 1. The molecule has 0 atom stereocenters. The summed E-state index contributed by atoms with van der Waals surface area (Å²) in [6.45, 7) is 1.59. The Morgan fingerprint density at radius 2 is 1.96 bits per heavy atom. The highest BCUT2D eigenvalue weighted by Gasteiger charge is 2.26. The van der Waals surface area contributed by atoms with Crippen LogP contribution in [0.2, 0.25) is 0 Å². The van der Waals surface area contributed by atoms with Crippen LogP contribution in [0.1, 0.15) is 5.56 Å². The van der Waals surface area contributed by atoms with Crippen molar-refractivity contribution in [3.63, 3.8) is 0 Å². The molecule has 0 bridgehead atoms. The lowest BCUT2D eigenvalue weighted by atomic mass is 10.2. The van der Waals surface area contributed by atoms with Gasteiger partial charge in [0.2, 0.25) is 15.9 Å². The van der Waals surface area contributed by atoms with Gasteiger partial charge in [0, 0.05) is 23.4 Å². The van der Waals surface area contributed by atoms with E-state index in [1.165, 1.54) is 19.3 Å². The molecule has 1 amide bonds. The number of pyridine rings is 1. The lowest BCUT2D eigenvalue weighted by Crippen LogP contribution is -2.35. The lowest BCUT2D eigenvalue weighted by molar-refractivity contribution is -0.116. The van der Waals surface area contributed by atoms with Crippen LogP contribution in [0.3, 0.4) is 0 Å². The molecule has 24 heavy (non-hydrogen) atoms. The zero-order valence-corrected chi connectivity index (χ0v) is 15.6. The molecule has 0 saturated heterocycles. The Bertz CT molecular complexity index is 854. The molecule has 2 rings (SSSR count). The molecule has 9 heteroatoms. The van der Waals surface area contributed by atoms with Gasteiger partial charge in [-0.2, -0.15) is 4.31 Å². The molecular weight excluding hydrogens is 396 g/mol. The number of halogens is 1. The summed E-state index contributed by atoms with van der Waals surface area (Å²) < 4.78 is 26.5. The molecule has 0 unspecified atom stereocenters. The molecular formula is C15H17BrN4O3S. The maximum absolute atomic E-state index is 12.5. The fourth-order valence-electron chi connectivity index (χ4n) is 1.93. The van der Waals surface area contributed by atoms with Gasteiger partial charge in [0.25, 0.3) is 0 Å². The molecule has 7 nitrogen and oxygen atoms in total. The highest BCUT2D eigenvalue weighted by Crippen LogP contribution is 2.23. The van der Waals surface area contributed by atoms with Crippen LogP contribution >= 0.6 is 15.9 Å². The molecule has 3 N–H and O–H groups in total. The summed E-state index contributed by atoms with van der Waals surface area (Å²) in [4.78, 5) is 15.7. The molecule has 0 aliphatic rings. The summed E-state index contributed by atoms with van der Waals surface area (Å²) in [6.07, 6.45) is 1.40. The van der Waals surface area contributed by atoms with Crippen molar-refractivity contribution in [2.24, 2.45) is 0 Å². The molecule has 1 heterocycles. The standard InChI is InChI=1S/C15H17BrN4O3S/c1-10-3-5-12(6-4-10)19-14(21)9-20(2)24(22,23)13-7-11(16)8-18-15(13)17/h3-8H,9H2,1-2H3,(H2,17,18)(H,19,21). The summed E-state index contributed by atoms with van der Waals surface area (Å²) in [5, 5.41) is 2.65. The van der Waals surface area contributed by atoms with E-state index < -0.39 is 15.9 Å². The van der Waals surface area contributed by atoms with Crippen molar-refractivity contribution in [1.29, 1.82) is 0 Å². The minimum atomic E-state index is -3.93. The molecule has 0 aliphatic heterocycles. The van der Waals surface area contributed by atoms with Crippen LogP contribution in [0.5, 0.6) is 0 Å². The van der Waals surface area contributed by atoms with E-state index in [0.29, 0.717) is 10.2 Å². The van der Waals surface area contributed by atoms with E-state index in [4.69, 9.17) is 5.73 Å². The topological polar surface area (TPSA) is 105 Å². The number of sulfonamides is 1. The van der Waals surface area contributed by atoms with Gasteiger partial charge in [0.15, 0.2) is 0 Å². The third-order valence-corrected chi connectivity index (χ3v) is 5.50. The predicted molar refractivity (Wildman–Crippen MR) is 96.0 cm³/mol. The van der Waals surface area contributed by atoms with Crippen molar-refractivity contribution in [3.05, 3.63) is 46.6 Å². The van der Waals surface area contributed by atoms with Crippen LogP contribution in [-0.2, 0) is 14.8 Å². The number of nitrogen functional groups attached to an aromatic ring is 1. The molecule has 1 aromatic heterocycles. The summed E-state index contributed by atoms with van der Waals surface area (Å²) in [5.74, 6) is -0.574. The second-order valence-corrected chi connectivity index (χ2v) is 8.14. The van der Waals surface area contributed by atoms with Gasteiger partial charge < -0.3 is 11.1 Å². The zero-order valence-electron chi connectivity index (χ0n) is 13.2. The number of nitrogens with two attached hydrogens (primary N) is 1. The first kappa shape index (κ1) is 18.4. The van der Waals surface area contributed by atoms with Gasteiger partial charge in [-0.15, -0.1) is 0 Å². The SMILES string of the molecule is Cc1ccc(NC(=O)CN(C)S(=O)(=O)c2cc(Br)cnc2N)cc1. The van der Waals surface area contributed by atoms with Crippen LogP contribution in [0.25, 0.3) is 0 Å². The Kier molecular flexibility index (Phi) is 5.58. The highest BCUT2D eigenvalue weighted by atomic mass is 79.9. The largest absolute Gasteiger partial charge is 0.383 e. The number of nitrogens with zero attached hydrogens (tertiary/aromatic N) is 2. The average Bonchev–Trinajstić information content (AvgIpc) is 2.51. The quantitative estimate of drug-likeness (QED) is 0.780. The fraction of sp³-hybridized carbons (Fsp3) is 0.200. The Labute approximate surface area is 149 Å². The van der Waals surface area contributed by atoms with E-state index in [9.17, 15) is 13.2 Å². The third-order valence-electron chi connectivity index (χ3n) is 3.24. The third kappa shape index (κ3) is 4.31. The molecule has 0 radical (unpaired) electrons. The van der Waals surface area contributed by atoms with Gasteiger partial charge in [-0.25, -0.2) is 13.4 Å². The number of benzene rings is 1. The predicted octanol–water partition coefficient (Wildman–Crippen LogP) is 1.99. The molecule has 0 saturated carbocycles. The average molecular weight is 413 g/mol. The lowest BCUT2D eigenvalue weighted by Gasteiger charge is -2.17. The van der Waals surface area contributed by atoms with E-state index in [0.717, 1.165) is 9.87 Å². The number of carbonyl (C=O) groups is 1. The minimum absolute atomic E-state index is 0.121. The van der Waals surface area contributed by atoms with E-state index in [1.807, 2.05) is 19.1 Å². The number of hydrogen-bond donors (Lipinski definition) is 2. The number of amides is 1. The monoisotopic (exact) mass is 412 g/mol. The van der Waals surface area contributed by atoms with Crippen LogP contribution < -0.4 is 11.1 Å². The number of nitrogens with one attached hydrogen (secondary N) is 1. The van der Waals surface area contributed by atoms with E-state index in [1.54, 1.807) is 12.1 Å². The second-order valence-electron chi connectivity index (χ2n) is 5.21. The zero-order chi connectivity index (χ0) is 17.9. The van der Waals surface area contributed by atoms with Crippen molar-refractivity contribution in [1.82, 2.24) is 9.29 Å². The summed E-state index contributed by atoms with van der Waals surface area (Å²) in [6, 6.07) is 8.55. The van der Waals surface area contributed by atoms with Gasteiger partial charge in [-0.05, 0) is 41.1 Å². The summed E-state index contributed by atoms with van der Waals surface area (Å²) in [5.41, 5.74) is 7.30. The number of hydrogen-bond acceptors (Lipinski definition) is 5. The van der Waals surface area contributed by atoms with Crippen molar-refractivity contribution < 1.29 is 13.2 Å². The Hall–Kier alpha value is -1.97. The fourth-order valence-corrected chi connectivity index (χ4v) is 3.63. The second kappa shape index (κ2) is 7.29. The van der Waals surface area contributed by atoms with Crippen molar-refractivity contribution in [2.75, 3.05) is 24.6 Å². The molecule has 0 spiro atoms. The summed E-state index contributed by atoms with van der Waals surface area (Å²) in [7, 11) is -2.62. The van der Waals surface area contributed by atoms with Crippen LogP contribution in [0, 0.1) is 6.92 Å². The number of aromatic nitrogens is 1. The summed E-state index contributed by atoms with van der Waals surface area (Å²) >= 11 is 3.16. The smallest absolute Gasteiger partial charge is 0.246 e. The van der Waals surface area contributed by atoms with Crippen LogP contribution in [0.15, 0.2) is 45.9 Å². The van der Waals surface area contributed by atoms with E-state index in [-0.39, 0.29) is 17.3 Å². The molecule has 1 aromatic carbocycles. The van der Waals surface area contributed by atoms with E-state index in [2.05, 4.69) is 26.2 Å². The Balaban J connectivity index is 2.12. The van der Waals surface area contributed by atoms with Gasteiger partial charge >= 0.3 is 0 Å². The molecule has 0 fully saturated rings. The Morgan fingerprint density at radius 3 is 2.58 bits per heavy atom. The van der Waals surface area contributed by atoms with Gasteiger partial charge in [-0.1, -0.05) is 17.7 Å². The Morgan fingerprint density at radius 1 is 1.33 bits per heavy atom. The first-order chi connectivity index (χ1) is 11.2. The van der Waals surface area contributed by atoms with Crippen molar-refractivity contribution in [2.45, 2.75) is 11.8 Å². The molecule has 128 valence electrons. The van der Waals surface area contributed by atoms with E-state index >= 15 is 0 Å². The number of rotatable bonds is 5. The normalized spacial score (nSPS) is 11.5. The highest BCUT2D eigenvalue weighted by molar-refractivity contribution is 9.10. The number of likely N-dealkylation sites (N-methyl/N-ethyl adjacent to an activating group) is 1. The van der Waals surface area contributed by atoms with Gasteiger partial charge in [-0.3, -0.25) is 4.79 Å². The van der Waals surface area contributed by atoms with Gasteiger partial charge in [0.1, 0.15) is 10.7 Å². The van der Waals surface area contributed by atoms with Crippen LogP contribution in [0.4, 0.5) is 11.5 Å². The first-order valence-electron chi connectivity index (χ1n) is 6.94.